The maximum absolute atomic E-state index is 14.1. The number of nitrogens with two attached hydrogens (primary N) is 3. The quantitative estimate of drug-likeness (QED) is 0.0285. The van der Waals surface area contributed by atoms with E-state index in [0.717, 1.165) is 6.42 Å². The van der Waals surface area contributed by atoms with Crippen LogP contribution in [-0.4, -0.2) is 194 Å². The van der Waals surface area contributed by atoms with Gasteiger partial charge in [-0.1, -0.05) is 30.2 Å². The van der Waals surface area contributed by atoms with Crippen LogP contribution in [0.3, 0.4) is 0 Å². The number of aliphatic hydroxyl groups excluding tert-OH is 1. The summed E-state index contributed by atoms with van der Waals surface area (Å²) in [5.74, 6) is 2.51. The van der Waals surface area contributed by atoms with Crippen LogP contribution in [0.2, 0.25) is 0 Å². The Morgan fingerprint density at radius 2 is 1.28 bits per heavy atom. The SMILES string of the molecule is C#CCOCCOCCOCCNc1nc(N2CCN(C(=O)[C@H](CCCCN)n3cc(C(N)CO)nn3)CC2)nc(N2CCN(C(=O)[C@H](CCC(=O)O)n3cc(C(N)CC(C)C)nn3)CC2)n1.[Cl-]. The number of aliphatic carboxylic acids is 1. The molecule has 68 heavy (non-hydrogen) atoms. The van der Waals surface area contributed by atoms with Gasteiger partial charge < -0.3 is 78.9 Å². The highest BCUT2D eigenvalue weighted by Crippen LogP contribution is 2.25. The molecule has 0 radical (unpaired) electrons. The Morgan fingerprint density at radius 3 is 1.78 bits per heavy atom. The number of carboxylic acids is 1. The molecule has 5 rings (SSSR count). The number of anilines is 3. The number of nitrogens with zero attached hydrogens (tertiary/aromatic N) is 13. The first-order valence-electron chi connectivity index (χ1n) is 23.0. The molecular weight excluding hydrogens is 906 g/mol. The Balaban J connectivity index is 0.0000101. The second-order valence-corrected chi connectivity index (χ2v) is 16.8. The number of carbonyl (C=O) groups excluding carboxylic acids is 2. The predicted octanol–water partition coefficient (Wildman–Crippen LogP) is -4.03. The van der Waals surface area contributed by atoms with Gasteiger partial charge in [-0.2, -0.15) is 15.0 Å². The van der Waals surface area contributed by atoms with E-state index in [1.807, 2.05) is 9.80 Å². The van der Waals surface area contributed by atoms with Crippen LogP contribution >= 0.6 is 0 Å². The lowest BCUT2D eigenvalue weighted by Crippen LogP contribution is -3.00. The Kier molecular flexibility index (Phi) is 23.5. The number of aromatic nitrogens is 9. The average molecular weight is 976 g/mol. The van der Waals surface area contributed by atoms with Crippen molar-refractivity contribution in [2.24, 2.45) is 23.1 Å². The Labute approximate surface area is 403 Å². The van der Waals surface area contributed by atoms with E-state index >= 15 is 0 Å². The number of terminal acetylenes is 1. The topological polar surface area (TPSA) is 322 Å². The van der Waals surface area contributed by atoms with Crippen molar-refractivity contribution < 1.29 is 51.2 Å². The Morgan fingerprint density at radius 1 is 0.765 bits per heavy atom. The molecule has 5 heterocycles. The number of carbonyl (C=O) groups is 3. The number of ether oxygens (including phenoxy) is 3. The molecule has 2 aliphatic heterocycles. The molecule has 3 aromatic rings. The number of carboxylic acid groups (broad SMARTS) is 1. The van der Waals surface area contributed by atoms with Crippen molar-refractivity contribution in [2.45, 2.75) is 76.5 Å². The van der Waals surface area contributed by atoms with Crippen LogP contribution in [0.5, 0.6) is 0 Å². The van der Waals surface area contributed by atoms with E-state index in [1.165, 1.54) is 9.36 Å². The average Bonchev–Trinajstić information content (AvgIpc) is 4.03. The predicted molar refractivity (Wildman–Crippen MR) is 245 cm³/mol. The summed E-state index contributed by atoms with van der Waals surface area (Å²) >= 11 is 0. The molecule has 2 amide bonds. The van der Waals surface area contributed by atoms with Crippen LogP contribution in [0.1, 0.15) is 87.9 Å². The van der Waals surface area contributed by atoms with Crippen LogP contribution in [0, 0.1) is 18.3 Å². The third kappa shape index (κ3) is 16.7. The molecule has 0 saturated carbocycles. The zero-order chi connectivity index (χ0) is 48.1. The lowest BCUT2D eigenvalue weighted by atomic mass is 10.0. The molecule has 0 spiro atoms. The summed E-state index contributed by atoms with van der Waals surface area (Å²) in [7, 11) is 0. The summed E-state index contributed by atoms with van der Waals surface area (Å²) in [6.07, 6.45) is 10.9. The molecule has 2 unspecified atom stereocenters. The second kappa shape index (κ2) is 28.9. The van der Waals surface area contributed by atoms with E-state index in [2.05, 4.69) is 45.7 Å². The van der Waals surface area contributed by atoms with Gasteiger partial charge in [-0.15, -0.1) is 16.6 Å². The zero-order valence-electron chi connectivity index (χ0n) is 39.1. The minimum atomic E-state index is -1.02. The van der Waals surface area contributed by atoms with Gasteiger partial charge in [0.25, 0.3) is 0 Å². The van der Waals surface area contributed by atoms with E-state index in [0.29, 0.717) is 153 Å². The smallest absolute Gasteiger partial charge is 0.303 e. The van der Waals surface area contributed by atoms with Crippen LogP contribution in [0.4, 0.5) is 17.8 Å². The van der Waals surface area contributed by atoms with Crippen LogP contribution < -0.4 is 44.7 Å². The standard InChI is InChI=1S/C42H69N17O8.ClH/c1-4-20-65-22-24-67-25-23-66-21-11-46-40-47-41(56-16-12-54(13-17-56)38(63)35(7-5-6-10-43)58-28-34(51-53-58)32(45)29-60)49-42(48-40)57-18-14-55(15-19-57)39(64)36(8-9-37(61)62)59-27-33(50-52-59)31(44)26-30(2)3;/h1,27-28,30-32,35-36,60H,5-26,29,43-45H2,2-3H3,(H,61,62)(H,46,47,48,49);1H/p-1/t31?,32?,35-,36-;/m0./s1. The Bertz CT molecular complexity index is 2020. The van der Waals surface area contributed by atoms with Crippen molar-refractivity contribution in [3.05, 3.63) is 23.8 Å². The number of hydrogen-bond acceptors (Lipinski definition) is 20. The fourth-order valence-corrected chi connectivity index (χ4v) is 7.62. The Hall–Kier alpha value is -5.33. The van der Waals surface area contributed by atoms with Gasteiger partial charge in [-0.25, -0.2) is 9.36 Å². The number of nitrogens with one attached hydrogen (secondary N) is 1. The van der Waals surface area contributed by atoms with E-state index in [-0.39, 0.29) is 56.3 Å². The monoisotopic (exact) mass is 975 g/mol. The van der Waals surface area contributed by atoms with Crippen LogP contribution in [0.15, 0.2) is 12.4 Å². The highest BCUT2D eigenvalue weighted by Gasteiger charge is 2.34. The van der Waals surface area contributed by atoms with Gasteiger partial charge in [0, 0.05) is 65.3 Å². The molecule has 2 aliphatic rings. The molecule has 25 nitrogen and oxygen atoms in total. The molecule has 2 fully saturated rings. The maximum Gasteiger partial charge on any atom is 0.303 e. The molecule has 9 N–H and O–H groups in total. The molecule has 3 aromatic heterocycles. The summed E-state index contributed by atoms with van der Waals surface area (Å²) in [5, 5.41) is 39.1. The maximum atomic E-state index is 14.1. The van der Waals surface area contributed by atoms with E-state index < -0.39 is 24.1 Å². The van der Waals surface area contributed by atoms with Gasteiger partial charge in [0.1, 0.15) is 24.4 Å². The number of piperazine rings is 2. The van der Waals surface area contributed by atoms with Gasteiger partial charge in [0.15, 0.2) is 0 Å². The number of halogens is 1. The fraction of sp³-hybridized carbons (Fsp3) is 0.714. The fourth-order valence-electron chi connectivity index (χ4n) is 7.62. The number of rotatable bonds is 29. The summed E-state index contributed by atoms with van der Waals surface area (Å²) in [5.41, 5.74) is 19.0. The van der Waals surface area contributed by atoms with Crippen molar-refractivity contribution in [2.75, 3.05) is 127 Å². The third-order valence-corrected chi connectivity index (χ3v) is 11.3. The first-order valence-corrected chi connectivity index (χ1v) is 23.0. The van der Waals surface area contributed by atoms with Gasteiger partial charge >= 0.3 is 5.97 Å². The lowest BCUT2D eigenvalue weighted by molar-refractivity contribution is -0.139. The summed E-state index contributed by atoms with van der Waals surface area (Å²) in [6.45, 7) is 9.92. The van der Waals surface area contributed by atoms with Crippen molar-refractivity contribution in [3.63, 3.8) is 0 Å². The number of amides is 2. The van der Waals surface area contributed by atoms with Gasteiger partial charge in [-0.05, 0) is 44.6 Å². The third-order valence-electron chi connectivity index (χ3n) is 11.3. The van der Waals surface area contributed by atoms with Gasteiger partial charge in [-0.3, -0.25) is 14.4 Å². The molecular formula is C42H69ClN17O8-. The van der Waals surface area contributed by atoms with Gasteiger partial charge in [0.05, 0.1) is 69.8 Å². The first-order chi connectivity index (χ1) is 32.4. The minimum Gasteiger partial charge on any atom is -1.00 e. The number of aliphatic hydroxyl groups is 1. The summed E-state index contributed by atoms with van der Waals surface area (Å²) < 4.78 is 19.4. The van der Waals surface area contributed by atoms with Crippen molar-refractivity contribution in [1.29, 1.82) is 0 Å². The molecule has 378 valence electrons. The van der Waals surface area contributed by atoms with Crippen LogP contribution in [-0.2, 0) is 28.6 Å². The zero-order valence-corrected chi connectivity index (χ0v) is 39.9. The van der Waals surface area contributed by atoms with Crippen molar-refractivity contribution >= 4 is 35.6 Å². The van der Waals surface area contributed by atoms with Crippen LogP contribution in [0.25, 0.3) is 0 Å². The van der Waals surface area contributed by atoms with Crippen molar-refractivity contribution in [1.82, 2.24) is 54.7 Å². The highest BCUT2D eigenvalue weighted by atomic mass is 35.5. The molecule has 0 aliphatic carbocycles. The molecule has 0 bridgehead atoms. The number of unbranched alkanes of at least 4 members (excludes halogenated alkanes) is 1. The largest absolute Gasteiger partial charge is 1.00 e. The van der Waals surface area contributed by atoms with E-state index in [9.17, 15) is 24.6 Å². The molecule has 4 atom stereocenters. The summed E-state index contributed by atoms with van der Waals surface area (Å²) in [6, 6.07) is -2.57. The van der Waals surface area contributed by atoms with E-state index in [4.69, 9.17) is 52.8 Å². The molecule has 26 heteroatoms. The van der Waals surface area contributed by atoms with E-state index in [1.54, 1.807) is 22.2 Å². The van der Waals surface area contributed by atoms with Gasteiger partial charge in [0.2, 0.25) is 29.7 Å². The summed E-state index contributed by atoms with van der Waals surface area (Å²) in [4.78, 5) is 61.7. The highest BCUT2D eigenvalue weighted by molar-refractivity contribution is 5.81. The molecule has 0 aromatic carbocycles. The molecule has 2 saturated heterocycles. The minimum absolute atomic E-state index is 0. The van der Waals surface area contributed by atoms with Crippen molar-refractivity contribution in [3.8, 4) is 12.3 Å². The number of hydrogen-bond donors (Lipinski definition) is 6. The normalized spacial score (nSPS) is 16.0. The first kappa shape index (κ1) is 55.3. The lowest BCUT2D eigenvalue weighted by Gasteiger charge is -2.38. The second-order valence-electron chi connectivity index (χ2n) is 16.8.